The van der Waals surface area contributed by atoms with Gasteiger partial charge < -0.3 is 4.57 Å². The molecule has 4 nitrogen and oxygen atoms in total. The van der Waals surface area contributed by atoms with Crippen molar-refractivity contribution >= 4 is 44.9 Å². The third-order valence-corrected chi connectivity index (χ3v) is 7.41. The predicted molar refractivity (Wildman–Crippen MR) is 130 cm³/mol. The Bertz CT molecular complexity index is 1240. The fourth-order valence-corrected chi connectivity index (χ4v) is 5.10. The monoisotopic (exact) mass is 494 g/mol. The number of carbonyl (C=O) groups is 2. The van der Waals surface area contributed by atoms with E-state index in [0.717, 1.165) is 44.4 Å². The first-order chi connectivity index (χ1) is 14.8. The molecule has 3 aromatic rings. The minimum atomic E-state index is -0.248. The van der Waals surface area contributed by atoms with Crippen LogP contribution in [-0.4, -0.2) is 20.6 Å². The normalized spacial score (nSPS) is 15.4. The van der Waals surface area contributed by atoms with Crippen molar-refractivity contribution in [2.75, 3.05) is 0 Å². The first-order valence-electron chi connectivity index (χ1n) is 10.0. The molecule has 1 aliphatic heterocycles. The van der Waals surface area contributed by atoms with Gasteiger partial charge in [0, 0.05) is 21.5 Å². The third-order valence-electron chi connectivity index (χ3n) is 5.73. The molecule has 1 aromatic heterocycles. The minimum Gasteiger partial charge on any atom is -0.318 e. The van der Waals surface area contributed by atoms with Gasteiger partial charge in [0.2, 0.25) is 0 Å². The fourth-order valence-electron chi connectivity index (χ4n) is 3.86. The molecule has 0 saturated carbocycles. The van der Waals surface area contributed by atoms with E-state index in [1.807, 2.05) is 37.3 Å². The van der Waals surface area contributed by atoms with Crippen LogP contribution in [0.5, 0.6) is 0 Å². The Balaban J connectivity index is 1.67. The maximum atomic E-state index is 13.0. The zero-order chi connectivity index (χ0) is 22.3. The predicted octanol–water partition coefficient (Wildman–Crippen LogP) is 6.71. The summed E-state index contributed by atoms with van der Waals surface area (Å²) in [7, 11) is 0. The molecule has 0 N–H and O–H groups in total. The van der Waals surface area contributed by atoms with E-state index in [4.69, 9.17) is 0 Å². The summed E-state index contributed by atoms with van der Waals surface area (Å²) in [5.41, 5.74) is 7.58. The van der Waals surface area contributed by atoms with Gasteiger partial charge in [-0.05, 0) is 86.0 Å². The number of aromatic nitrogens is 1. The summed E-state index contributed by atoms with van der Waals surface area (Å²) in [5.74, 6) is -0.248. The zero-order valence-electron chi connectivity index (χ0n) is 17.9. The van der Waals surface area contributed by atoms with Crippen LogP contribution < -0.4 is 0 Å². The van der Waals surface area contributed by atoms with Gasteiger partial charge in [-0.15, -0.1) is 0 Å². The van der Waals surface area contributed by atoms with Gasteiger partial charge in [0.15, 0.2) is 0 Å². The van der Waals surface area contributed by atoms with Gasteiger partial charge in [-0.2, -0.15) is 0 Å². The molecule has 0 aliphatic carbocycles. The van der Waals surface area contributed by atoms with Crippen molar-refractivity contribution in [2.45, 2.75) is 34.2 Å². The summed E-state index contributed by atoms with van der Waals surface area (Å²) >= 11 is 4.49. The number of carbonyl (C=O) groups excluding carboxylic acids is 2. The number of thioether (sulfide) groups is 1. The van der Waals surface area contributed by atoms with E-state index in [1.54, 1.807) is 0 Å². The zero-order valence-corrected chi connectivity index (χ0v) is 20.3. The first kappa shape index (κ1) is 21.7. The highest BCUT2D eigenvalue weighted by Gasteiger charge is 2.35. The number of hydrogen-bond acceptors (Lipinski definition) is 3. The van der Waals surface area contributed by atoms with Crippen molar-refractivity contribution in [3.8, 4) is 5.69 Å². The second-order valence-corrected chi connectivity index (χ2v) is 9.59. The van der Waals surface area contributed by atoms with Gasteiger partial charge in [-0.3, -0.25) is 14.5 Å². The molecule has 2 amide bonds. The highest BCUT2D eigenvalue weighted by Crippen LogP contribution is 2.35. The van der Waals surface area contributed by atoms with E-state index < -0.39 is 0 Å². The van der Waals surface area contributed by atoms with Crippen LogP contribution in [0.1, 0.15) is 33.6 Å². The van der Waals surface area contributed by atoms with Gasteiger partial charge in [-0.25, -0.2) is 0 Å². The lowest BCUT2D eigenvalue weighted by Crippen LogP contribution is -2.27. The van der Waals surface area contributed by atoms with Crippen molar-refractivity contribution in [1.29, 1.82) is 0 Å². The van der Waals surface area contributed by atoms with E-state index in [0.29, 0.717) is 4.91 Å². The van der Waals surface area contributed by atoms with Crippen LogP contribution in [0.4, 0.5) is 4.79 Å². The van der Waals surface area contributed by atoms with Crippen molar-refractivity contribution in [2.24, 2.45) is 0 Å². The molecule has 2 heterocycles. The summed E-state index contributed by atoms with van der Waals surface area (Å²) in [6, 6.07) is 16.0. The van der Waals surface area contributed by atoms with E-state index in [-0.39, 0.29) is 17.7 Å². The van der Waals surface area contributed by atoms with Crippen molar-refractivity contribution < 1.29 is 9.59 Å². The lowest BCUT2D eigenvalue weighted by molar-refractivity contribution is -0.123. The van der Waals surface area contributed by atoms with E-state index >= 15 is 0 Å². The van der Waals surface area contributed by atoms with Crippen LogP contribution in [0.3, 0.4) is 0 Å². The maximum Gasteiger partial charge on any atom is 0.293 e. The van der Waals surface area contributed by atoms with E-state index in [2.05, 4.69) is 65.5 Å². The molecule has 0 spiro atoms. The number of halogens is 1. The van der Waals surface area contributed by atoms with Crippen molar-refractivity contribution in [3.63, 3.8) is 0 Å². The van der Waals surface area contributed by atoms with Gasteiger partial charge >= 0.3 is 0 Å². The van der Waals surface area contributed by atoms with Crippen LogP contribution >= 0.6 is 27.7 Å². The molecule has 0 radical (unpaired) electrons. The Morgan fingerprint density at radius 3 is 2.48 bits per heavy atom. The lowest BCUT2D eigenvalue weighted by atomic mass is 10.1. The highest BCUT2D eigenvalue weighted by molar-refractivity contribution is 9.10. The molecule has 31 heavy (non-hydrogen) atoms. The average molecular weight is 495 g/mol. The van der Waals surface area contributed by atoms with Crippen molar-refractivity contribution in [3.05, 3.63) is 91.6 Å². The van der Waals surface area contributed by atoms with Gasteiger partial charge in [0.25, 0.3) is 11.1 Å². The molecule has 0 unspecified atom stereocenters. The number of benzene rings is 2. The molecule has 6 heteroatoms. The smallest absolute Gasteiger partial charge is 0.293 e. The van der Waals surface area contributed by atoms with Crippen LogP contribution in [0.15, 0.2) is 57.9 Å². The summed E-state index contributed by atoms with van der Waals surface area (Å²) in [4.78, 5) is 27.3. The van der Waals surface area contributed by atoms with Gasteiger partial charge in [-0.1, -0.05) is 46.3 Å². The van der Waals surface area contributed by atoms with Crippen LogP contribution in [-0.2, 0) is 11.3 Å². The molecule has 1 saturated heterocycles. The Hall–Kier alpha value is -2.57. The summed E-state index contributed by atoms with van der Waals surface area (Å²) in [6.07, 6.45) is 1.84. The molecular formula is C25H23BrN2O2S. The Labute approximate surface area is 195 Å². The third kappa shape index (κ3) is 4.02. The standard InChI is InChI=1S/C25H23BrN2O2S/c1-15-8-7-11-22(17(15)3)28-16(2)12-20(18(28)4)13-23-24(29)27(25(30)31-23)14-19-9-5-6-10-21(19)26/h5-13H,14H2,1-4H3/b23-13-. The molecule has 1 aliphatic rings. The second-order valence-electron chi connectivity index (χ2n) is 7.74. The number of nitrogens with zero attached hydrogens (tertiary/aromatic N) is 2. The quantitative estimate of drug-likeness (QED) is 0.378. The number of hydrogen-bond donors (Lipinski definition) is 0. The summed E-state index contributed by atoms with van der Waals surface area (Å²) < 4.78 is 3.09. The van der Waals surface area contributed by atoms with Crippen LogP contribution in [0.2, 0.25) is 0 Å². The molecule has 0 bridgehead atoms. The lowest BCUT2D eigenvalue weighted by Gasteiger charge is -2.14. The number of rotatable bonds is 4. The summed E-state index contributed by atoms with van der Waals surface area (Å²) in [6.45, 7) is 8.59. The number of aryl methyl sites for hydroxylation is 2. The number of imide groups is 1. The van der Waals surface area contributed by atoms with Crippen molar-refractivity contribution in [1.82, 2.24) is 9.47 Å². The molecule has 2 aromatic carbocycles. The minimum absolute atomic E-state index is 0.240. The SMILES string of the molecule is Cc1cccc(-n2c(C)cc(/C=C3\SC(=O)N(Cc4ccccc4Br)C3=O)c2C)c1C. The Kier molecular flexibility index (Phi) is 5.95. The highest BCUT2D eigenvalue weighted by atomic mass is 79.9. The first-order valence-corrected chi connectivity index (χ1v) is 11.6. The maximum absolute atomic E-state index is 13.0. The largest absolute Gasteiger partial charge is 0.318 e. The van der Waals surface area contributed by atoms with Crippen LogP contribution in [0.25, 0.3) is 11.8 Å². The Morgan fingerprint density at radius 1 is 1.00 bits per heavy atom. The molecule has 158 valence electrons. The summed E-state index contributed by atoms with van der Waals surface area (Å²) in [5, 5.41) is -0.240. The topological polar surface area (TPSA) is 42.3 Å². The second kappa shape index (κ2) is 8.52. The van der Waals surface area contributed by atoms with E-state index in [9.17, 15) is 9.59 Å². The Morgan fingerprint density at radius 2 is 1.74 bits per heavy atom. The van der Waals surface area contributed by atoms with Crippen LogP contribution in [0, 0.1) is 27.7 Å². The van der Waals surface area contributed by atoms with Gasteiger partial charge in [0.05, 0.1) is 11.4 Å². The fraction of sp³-hybridized carbons (Fsp3) is 0.200. The molecule has 0 atom stereocenters. The molecule has 1 fully saturated rings. The number of amides is 2. The molecular weight excluding hydrogens is 472 g/mol. The average Bonchev–Trinajstić information content (AvgIpc) is 3.15. The van der Waals surface area contributed by atoms with Gasteiger partial charge in [0.1, 0.15) is 0 Å². The van der Waals surface area contributed by atoms with E-state index in [1.165, 1.54) is 16.0 Å². The molecule has 4 rings (SSSR count).